The Morgan fingerprint density at radius 1 is 1.00 bits per heavy atom. The normalized spacial score (nSPS) is 21.7. The topological polar surface area (TPSA) is 52.7 Å². The van der Waals surface area contributed by atoms with Crippen LogP contribution in [0.4, 0.5) is 0 Å². The van der Waals surface area contributed by atoms with Crippen molar-refractivity contribution in [3.8, 4) is 0 Å². The number of benzene rings is 2. The number of carbonyl (C=O) groups is 2. The maximum absolute atomic E-state index is 13.5. The van der Waals surface area contributed by atoms with Gasteiger partial charge in [-0.2, -0.15) is 0 Å². The molecule has 0 unspecified atom stereocenters. The number of likely N-dealkylation sites (tertiary alicyclic amines) is 1. The van der Waals surface area contributed by atoms with Crippen LogP contribution in [0.25, 0.3) is 0 Å². The van der Waals surface area contributed by atoms with E-state index in [-0.39, 0.29) is 23.9 Å². The van der Waals surface area contributed by atoms with Crippen molar-refractivity contribution in [2.75, 3.05) is 13.1 Å². The van der Waals surface area contributed by atoms with Crippen LogP contribution < -0.4 is 5.32 Å². The van der Waals surface area contributed by atoms with Gasteiger partial charge in [0.1, 0.15) is 0 Å². The molecule has 0 aliphatic carbocycles. The summed E-state index contributed by atoms with van der Waals surface area (Å²) in [4.78, 5) is 30.5. The SMILES string of the molecule is CC(C)C[C@@H]1NC2(CCN(C(=O)c3ccccc3)CC2)N([C@@H](C)c2ccccc2)C1=O. The van der Waals surface area contributed by atoms with Crippen LogP contribution in [0.2, 0.25) is 0 Å². The highest BCUT2D eigenvalue weighted by Gasteiger charge is 2.53. The molecule has 2 atom stereocenters. The Bertz CT molecular complexity index is 905. The van der Waals surface area contributed by atoms with E-state index in [0.717, 1.165) is 30.4 Å². The minimum absolute atomic E-state index is 0.0188. The lowest BCUT2D eigenvalue weighted by atomic mass is 9.92. The Morgan fingerprint density at radius 2 is 1.58 bits per heavy atom. The molecule has 0 saturated carbocycles. The third kappa shape index (κ3) is 4.24. The molecule has 2 fully saturated rings. The van der Waals surface area contributed by atoms with Gasteiger partial charge in [-0.05, 0) is 37.0 Å². The van der Waals surface area contributed by atoms with Gasteiger partial charge < -0.3 is 9.80 Å². The number of piperidine rings is 1. The summed E-state index contributed by atoms with van der Waals surface area (Å²) in [6.07, 6.45) is 2.30. The van der Waals surface area contributed by atoms with Crippen molar-refractivity contribution in [1.29, 1.82) is 0 Å². The molecule has 0 aromatic heterocycles. The van der Waals surface area contributed by atoms with E-state index < -0.39 is 5.66 Å². The summed E-state index contributed by atoms with van der Waals surface area (Å²) in [7, 11) is 0. The molecule has 2 aromatic rings. The standard InChI is InChI=1S/C26H33N3O2/c1-19(2)18-23-25(31)29(20(3)21-10-6-4-7-11-21)26(27-23)14-16-28(17-15-26)24(30)22-12-8-5-9-13-22/h4-13,19-20,23,27H,14-18H2,1-3H3/t20-,23-/m0/s1. The average molecular weight is 420 g/mol. The Labute approximate surface area is 185 Å². The predicted molar refractivity (Wildman–Crippen MR) is 122 cm³/mol. The molecule has 2 aromatic carbocycles. The maximum atomic E-state index is 13.5. The summed E-state index contributed by atoms with van der Waals surface area (Å²) in [5.41, 5.74) is 1.46. The van der Waals surface area contributed by atoms with E-state index in [0.29, 0.717) is 19.0 Å². The fourth-order valence-electron chi connectivity index (χ4n) is 5.14. The van der Waals surface area contributed by atoms with Crippen molar-refractivity contribution >= 4 is 11.8 Å². The third-order valence-electron chi connectivity index (χ3n) is 6.71. The molecule has 2 heterocycles. The number of hydrogen-bond donors (Lipinski definition) is 1. The van der Waals surface area contributed by atoms with Gasteiger partial charge in [0.25, 0.3) is 5.91 Å². The number of amides is 2. The summed E-state index contributed by atoms with van der Waals surface area (Å²) < 4.78 is 0. The summed E-state index contributed by atoms with van der Waals surface area (Å²) in [6, 6.07) is 19.5. The number of hydrogen-bond acceptors (Lipinski definition) is 3. The average Bonchev–Trinajstić information content (AvgIpc) is 3.04. The van der Waals surface area contributed by atoms with Crippen LogP contribution in [0.5, 0.6) is 0 Å². The summed E-state index contributed by atoms with van der Waals surface area (Å²) in [5, 5.41) is 3.73. The Hall–Kier alpha value is -2.66. The zero-order valence-electron chi connectivity index (χ0n) is 18.8. The first kappa shape index (κ1) is 21.6. The monoisotopic (exact) mass is 419 g/mol. The molecule has 2 amide bonds. The molecular weight excluding hydrogens is 386 g/mol. The molecule has 31 heavy (non-hydrogen) atoms. The van der Waals surface area contributed by atoms with Crippen molar-refractivity contribution in [1.82, 2.24) is 15.1 Å². The zero-order chi connectivity index (χ0) is 22.0. The van der Waals surface area contributed by atoms with Gasteiger partial charge in [-0.15, -0.1) is 0 Å². The van der Waals surface area contributed by atoms with Gasteiger partial charge in [0.2, 0.25) is 5.91 Å². The molecule has 0 bridgehead atoms. The number of carbonyl (C=O) groups excluding carboxylic acids is 2. The number of nitrogens with one attached hydrogen (secondary N) is 1. The molecule has 2 aliphatic heterocycles. The molecule has 164 valence electrons. The van der Waals surface area contributed by atoms with Gasteiger partial charge in [0.05, 0.1) is 17.7 Å². The van der Waals surface area contributed by atoms with Crippen LogP contribution in [-0.2, 0) is 4.79 Å². The van der Waals surface area contributed by atoms with Crippen molar-refractivity contribution in [2.45, 2.75) is 57.8 Å². The second kappa shape index (κ2) is 8.83. The molecule has 5 heteroatoms. The van der Waals surface area contributed by atoms with E-state index >= 15 is 0 Å². The van der Waals surface area contributed by atoms with Crippen molar-refractivity contribution in [2.24, 2.45) is 5.92 Å². The fraction of sp³-hybridized carbons (Fsp3) is 0.462. The summed E-state index contributed by atoms with van der Waals surface area (Å²) in [6.45, 7) is 7.72. The smallest absolute Gasteiger partial charge is 0.253 e. The molecule has 2 aliphatic rings. The van der Waals surface area contributed by atoms with E-state index in [1.54, 1.807) is 0 Å². The van der Waals surface area contributed by atoms with Crippen molar-refractivity contribution in [3.05, 3.63) is 71.8 Å². The van der Waals surface area contributed by atoms with Gasteiger partial charge in [0.15, 0.2) is 0 Å². The van der Waals surface area contributed by atoms with E-state index in [1.807, 2.05) is 53.4 Å². The first-order valence-corrected chi connectivity index (χ1v) is 11.4. The van der Waals surface area contributed by atoms with Crippen molar-refractivity contribution < 1.29 is 9.59 Å². The molecule has 1 spiro atoms. The first-order valence-electron chi connectivity index (χ1n) is 11.4. The zero-order valence-corrected chi connectivity index (χ0v) is 18.8. The molecule has 4 rings (SSSR count). The maximum Gasteiger partial charge on any atom is 0.253 e. The van der Waals surface area contributed by atoms with Gasteiger partial charge >= 0.3 is 0 Å². The second-order valence-corrected chi connectivity index (χ2v) is 9.31. The first-order chi connectivity index (χ1) is 14.9. The largest absolute Gasteiger partial charge is 0.338 e. The predicted octanol–water partition coefficient (Wildman–Crippen LogP) is 4.23. The van der Waals surface area contributed by atoms with Gasteiger partial charge in [-0.25, -0.2) is 0 Å². The third-order valence-corrected chi connectivity index (χ3v) is 6.71. The quantitative estimate of drug-likeness (QED) is 0.789. The summed E-state index contributed by atoms with van der Waals surface area (Å²) >= 11 is 0. The van der Waals surface area contributed by atoms with Crippen LogP contribution in [0.1, 0.15) is 62.0 Å². The van der Waals surface area contributed by atoms with E-state index in [2.05, 4.69) is 43.1 Å². The van der Waals surface area contributed by atoms with Gasteiger partial charge in [-0.3, -0.25) is 14.9 Å². The van der Waals surface area contributed by atoms with Crippen LogP contribution in [0.15, 0.2) is 60.7 Å². The van der Waals surface area contributed by atoms with Crippen LogP contribution in [-0.4, -0.2) is 46.4 Å². The minimum atomic E-state index is -0.403. The van der Waals surface area contributed by atoms with Gasteiger partial charge in [0, 0.05) is 31.5 Å². The van der Waals surface area contributed by atoms with E-state index in [4.69, 9.17) is 0 Å². The minimum Gasteiger partial charge on any atom is -0.338 e. The molecule has 2 saturated heterocycles. The van der Waals surface area contributed by atoms with Crippen molar-refractivity contribution in [3.63, 3.8) is 0 Å². The fourth-order valence-corrected chi connectivity index (χ4v) is 5.14. The Balaban J connectivity index is 1.57. The van der Waals surface area contributed by atoms with E-state index in [1.165, 1.54) is 0 Å². The number of nitrogens with zero attached hydrogens (tertiary/aromatic N) is 2. The lowest BCUT2D eigenvalue weighted by Crippen LogP contribution is -2.60. The highest BCUT2D eigenvalue weighted by molar-refractivity contribution is 5.94. The lowest BCUT2D eigenvalue weighted by Gasteiger charge is -2.47. The highest BCUT2D eigenvalue weighted by Crippen LogP contribution is 2.40. The highest BCUT2D eigenvalue weighted by atomic mass is 16.2. The molecule has 1 N–H and O–H groups in total. The van der Waals surface area contributed by atoms with Gasteiger partial charge in [-0.1, -0.05) is 62.4 Å². The Kier molecular flexibility index (Phi) is 6.15. The molecule has 5 nitrogen and oxygen atoms in total. The van der Waals surface area contributed by atoms with E-state index in [9.17, 15) is 9.59 Å². The molecule has 0 radical (unpaired) electrons. The van der Waals surface area contributed by atoms with Crippen LogP contribution in [0.3, 0.4) is 0 Å². The Morgan fingerprint density at radius 3 is 2.16 bits per heavy atom. The van der Waals surface area contributed by atoms with Crippen LogP contribution >= 0.6 is 0 Å². The number of rotatable bonds is 5. The van der Waals surface area contributed by atoms with Crippen LogP contribution in [0, 0.1) is 5.92 Å². The lowest BCUT2D eigenvalue weighted by molar-refractivity contribution is -0.136. The molecular formula is C26H33N3O2. The second-order valence-electron chi connectivity index (χ2n) is 9.31. The summed E-state index contributed by atoms with van der Waals surface area (Å²) in [5.74, 6) is 0.694.